The Bertz CT molecular complexity index is 389. The second kappa shape index (κ2) is 7.23. The molecule has 0 aromatic rings. The molecule has 4 nitrogen and oxygen atoms in total. The fourth-order valence-electron chi connectivity index (χ4n) is 3.71. The van der Waals surface area contributed by atoms with Gasteiger partial charge in [0, 0.05) is 12.1 Å². The van der Waals surface area contributed by atoms with Crippen molar-refractivity contribution in [3.05, 3.63) is 0 Å². The lowest BCUT2D eigenvalue weighted by Crippen LogP contribution is -2.48. The minimum atomic E-state index is -3.16. The van der Waals surface area contributed by atoms with Gasteiger partial charge in [-0.2, -0.15) is 0 Å². The van der Waals surface area contributed by atoms with Crippen LogP contribution in [0.15, 0.2) is 0 Å². The van der Waals surface area contributed by atoms with Crippen LogP contribution in [-0.4, -0.2) is 32.8 Å². The molecule has 5 heteroatoms. The van der Waals surface area contributed by atoms with Crippen LogP contribution in [0.25, 0.3) is 0 Å². The van der Waals surface area contributed by atoms with Gasteiger partial charge in [-0.25, -0.2) is 13.1 Å². The highest BCUT2D eigenvalue weighted by molar-refractivity contribution is 7.89. The second-order valence-electron chi connectivity index (χ2n) is 6.84. The predicted octanol–water partition coefficient (Wildman–Crippen LogP) is 2.26. The zero-order valence-electron chi connectivity index (χ0n) is 12.9. The van der Waals surface area contributed by atoms with Crippen LogP contribution in [0.1, 0.15) is 58.8 Å². The van der Waals surface area contributed by atoms with E-state index in [0.29, 0.717) is 11.8 Å². The molecule has 2 N–H and O–H groups in total. The van der Waals surface area contributed by atoms with Crippen LogP contribution >= 0.6 is 0 Å². The van der Waals surface area contributed by atoms with Crippen LogP contribution in [0.3, 0.4) is 0 Å². The average Bonchev–Trinajstić information content (AvgIpc) is 2.39. The van der Waals surface area contributed by atoms with E-state index in [1.165, 1.54) is 12.8 Å². The molecule has 2 fully saturated rings. The van der Waals surface area contributed by atoms with Crippen LogP contribution in [-0.2, 0) is 10.0 Å². The van der Waals surface area contributed by atoms with Crippen LogP contribution in [0, 0.1) is 11.8 Å². The van der Waals surface area contributed by atoms with Crippen LogP contribution in [0.5, 0.6) is 0 Å². The summed E-state index contributed by atoms with van der Waals surface area (Å²) in [5.41, 5.74) is 0. The van der Waals surface area contributed by atoms with E-state index in [0.717, 1.165) is 38.6 Å². The molecule has 0 aromatic carbocycles. The molecule has 3 unspecified atom stereocenters. The van der Waals surface area contributed by atoms with Gasteiger partial charge < -0.3 is 5.32 Å². The Morgan fingerprint density at radius 2 is 1.80 bits per heavy atom. The molecule has 0 radical (unpaired) electrons. The van der Waals surface area contributed by atoms with Crippen molar-refractivity contribution in [2.45, 2.75) is 70.9 Å². The van der Waals surface area contributed by atoms with Crippen molar-refractivity contribution >= 4 is 10.0 Å². The topological polar surface area (TPSA) is 58.2 Å². The third-order valence-corrected chi connectivity index (χ3v) is 6.34. The monoisotopic (exact) mass is 302 g/mol. The molecule has 0 bridgehead atoms. The average molecular weight is 302 g/mol. The molecule has 2 aliphatic rings. The molecule has 1 heterocycles. The van der Waals surface area contributed by atoms with Gasteiger partial charge in [-0.1, -0.05) is 33.1 Å². The van der Waals surface area contributed by atoms with Crippen molar-refractivity contribution in [3.8, 4) is 0 Å². The smallest absolute Gasteiger partial charge is 0.213 e. The molecular formula is C15H30N2O2S. The summed E-state index contributed by atoms with van der Waals surface area (Å²) in [6.07, 6.45) is 7.85. The van der Waals surface area contributed by atoms with Gasteiger partial charge in [0.05, 0.1) is 5.75 Å². The third kappa shape index (κ3) is 4.71. The van der Waals surface area contributed by atoms with Gasteiger partial charge in [0.2, 0.25) is 10.0 Å². The van der Waals surface area contributed by atoms with E-state index in [2.05, 4.69) is 23.9 Å². The lowest BCUT2D eigenvalue weighted by atomic mass is 9.78. The number of hydrogen-bond acceptors (Lipinski definition) is 3. The molecule has 3 atom stereocenters. The van der Waals surface area contributed by atoms with Gasteiger partial charge in [0.1, 0.15) is 0 Å². The molecule has 20 heavy (non-hydrogen) atoms. The van der Waals surface area contributed by atoms with Gasteiger partial charge in [0.25, 0.3) is 0 Å². The van der Waals surface area contributed by atoms with Crippen LogP contribution in [0.4, 0.5) is 0 Å². The molecule has 118 valence electrons. The number of hydrogen-bond donors (Lipinski definition) is 2. The van der Waals surface area contributed by atoms with E-state index in [-0.39, 0.29) is 17.8 Å². The zero-order chi connectivity index (χ0) is 14.6. The Balaban J connectivity index is 1.91. The second-order valence-corrected chi connectivity index (χ2v) is 8.64. The molecule has 2 rings (SSSR count). The molecule has 0 amide bonds. The highest BCUT2D eigenvalue weighted by atomic mass is 32.2. The first kappa shape index (κ1) is 16.2. The normalized spacial score (nSPS) is 32.5. The Kier molecular flexibility index (Phi) is 5.87. The van der Waals surface area contributed by atoms with E-state index in [1.807, 2.05) is 0 Å². The lowest BCUT2D eigenvalue weighted by molar-refractivity contribution is 0.226. The Morgan fingerprint density at radius 1 is 1.10 bits per heavy atom. The lowest BCUT2D eigenvalue weighted by Gasteiger charge is -2.35. The Labute approximate surface area is 124 Å². The van der Waals surface area contributed by atoms with E-state index in [1.54, 1.807) is 0 Å². The van der Waals surface area contributed by atoms with Crippen molar-refractivity contribution in [1.82, 2.24) is 10.0 Å². The number of rotatable bonds is 5. The summed E-state index contributed by atoms with van der Waals surface area (Å²) in [7, 11) is -3.16. The zero-order valence-corrected chi connectivity index (χ0v) is 13.7. The fraction of sp³-hybridized carbons (Fsp3) is 1.00. The maximum atomic E-state index is 12.4. The maximum Gasteiger partial charge on any atom is 0.213 e. The summed E-state index contributed by atoms with van der Waals surface area (Å²) in [4.78, 5) is 0. The molecule has 1 saturated heterocycles. The van der Waals surface area contributed by atoms with Crippen molar-refractivity contribution in [1.29, 1.82) is 0 Å². The number of nitrogens with one attached hydrogen (secondary N) is 2. The maximum absolute atomic E-state index is 12.4. The molecule has 0 aromatic heterocycles. The van der Waals surface area contributed by atoms with Gasteiger partial charge in [0.15, 0.2) is 0 Å². The summed E-state index contributed by atoms with van der Waals surface area (Å²) in [5, 5.41) is 3.33. The number of piperidine rings is 1. The van der Waals surface area contributed by atoms with Gasteiger partial charge >= 0.3 is 0 Å². The first-order valence-electron chi connectivity index (χ1n) is 8.21. The molecule has 1 aliphatic carbocycles. The van der Waals surface area contributed by atoms with Crippen molar-refractivity contribution < 1.29 is 8.42 Å². The highest BCUT2D eigenvalue weighted by Crippen LogP contribution is 2.30. The Morgan fingerprint density at radius 3 is 2.45 bits per heavy atom. The molecule has 0 spiro atoms. The van der Waals surface area contributed by atoms with E-state index >= 15 is 0 Å². The van der Waals surface area contributed by atoms with E-state index in [4.69, 9.17) is 0 Å². The van der Waals surface area contributed by atoms with Crippen molar-refractivity contribution in [2.75, 3.05) is 12.3 Å². The van der Waals surface area contributed by atoms with E-state index < -0.39 is 10.0 Å². The number of sulfonamides is 1. The van der Waals surface area contributed by atoms with Gasteiger partial charge in [-0.3, -0.25) is 0 Å². The third-order valence-electron chi connectivity index (χ3n) is 4.84. The largest absolute Gasteiger partial charge is 0.313 e. The Hall–Kier alpha value is -0.130. The summed E-state index contributed by atoms with van der Waals surface area (Å²) in [5.74, 6) is 1.29. The fourth-order valence-corrected chi connectivity index (χ4v) is 5.38. The molecular weight excluding hydrogens is 272 g/mol. The first-order chi connectivity index (χ1) is 9.48. The minimum Gasteiger partial charge on any atom is -0.313 e. The predicted molar refractivity (Wildman–Crippen MR) is 83.1 cm³/mol. The molecule has 1 saturated carbocycles. The minimum absolute atomic E-state index is 0.141. The standard InChI is InChI=1S/C15H30N2O2S/c1-12(2)14-8-3-4-9-15(14)17-20(18,19)11-13-7-5-6-10-16-13/h12-17H,3-11H2,1-2H3. The van der Waals surface area contributed by atoms with Gasteiger partial charge in [-0.05, 0) is 44.1 Å². The quantitative estimate of drug-likeness (QED) is 0.819. The van der Waals surface area contributed by atoms with Crippen LogP contribution < -0.4 is 10.0 Å². The van der Waals surface area contributed by atoms with Crippen molar-refractivity contribution in [2.24, 2.45) is 11.8 Å². The van der Waals surface area contributed by atoms with Gasteiger partial charge in [-0.15, -0.1) is 0 Å². The SMILES string of the molecule is CC(C)C1CCCCC1NS(=O)(=O)CC1CCCCN1. The summed E-state index contributed by atoms with van der Waals surface area (Å²) in [6.45, 7) is 5.37. The van der Waals surface area contributed by atoms with Crippen molar-refractivity contribution in [3.63, 3.8) is 0 Å². The summed E-state index contributed by atoms with van der Waals surface area (Å²) in [6, 6.07) is 0.291. The summed E-state index contributed by atoms with van der Waals surface area (Å²) < 4.78 is 27.8. The van der Waals surface area contributed by atoms with E-state index in [9.17, 15) is 8.42 Å². The highest BCUT2D eigenvalue weighted by Gasteiger charge is 2.31. The molecule has 1 aliphatic heterocycles. The first-order valence-corrected chi connectivity index (χ1v) is 9.86. The van der Waals surface area contributed by atoms with Crippen LogP contribution in [0.2, 0.25) is 0 Å². The summed E-state index contributed by atoms with van der Waals surface area (Å²) >= 11 is 0.